The predicted molar refractivity (Wildman–Crippen MR) is 89.2 cm³/mol. The van der Waals surface area contributed by atoms with Gasteiger partial charge in [0.25, 0.3) is 5.91 Å². The maximum absolute atomic E-state index is 12.4. The molecule has 0 aromatic heterocycles. The van der Waals surface area contributed by atoms with Gasteiger partial charge in [0, 0.05) is 17.2 Å². The van der Waals surface area contributed by atoms with Crippen molar-refractivity contribution in [3.05, 3.63) is 59.2 Å². The zero-order valence-corrected chi connectivity index (χ0v) is 13.4. The van der Waals surface area contributed by atoms with Gasteiger partial charge in [-0.2, -0.15) is 0 Å². The Bertz CT molecular complexity index is 700. The Labute approximate surface area is 131 Å². The van der Waals surface area contributed by atoms with Crippen molar-refractivity contribution in [2.75, 3.05) is 0 Å². The molecule has 0 spiro atoms. The van der Waals surface area contributed by atoms with Crippen molar-refractivity contribution in [1.82, 2.24) is 5.32 Å². The van der Waals surface area contributed by atoms with E-state index in [0.717, 1.165) is 16.7 Å². The molecule has 3 heteroatoms. The van der Waals surface area contributed by atoms with E-state index in [4.69, 9.17) is 0 Å². The lowest BCUT2D eigenvalue weighted by Crippen LogP contribution is -2.30. The van der Waals surface area contributed by atoms with Gasteiger partial charge in [-0.15, -0.1) is 0 Å². The van der Waals surface area contributed by atoms with Crippen LogP contribution in [0.25, 0.3) is 11.1 Å². The second kappa shape index (κ2) is 6.56. The Morgan fingerprint density at radius 1 is 1.00 bits per heavy atom. The van der Waals surface area contributed by atoms with E-state index in [9.17, 15) is 9.59 Å². The van der Waals surface area contributed by atoms with Crippen LogP contribution in [0, 0.1) is 6.92 Å². The summed E-state index contributed by atoms with van der Waals surface area (Å²) >= 11 is 0. The van der Waals surface area contributed by atoms with Crippen LogP contribution in [-0.4, -0.2) is 17.7 Å². The molecule has 0 saturated carbocycles. The first kappa shape index (κ1) is 16.0. The summed E-state index contributed by atoms with van der Waals surface area (Å²) in [5.74, 6) is -0.0470. The molecule has 0 aliphatic carbocycles. The van der Waals surface area contributed by atoms with Crippen LogP contribution in [-0.2, 0) is 0 Å². The Morgan fingerprint density at radius 2 is 1.64 bits per heavy atom. The van der Waals surface area contributed by atoms with E-state index < -0.39 is 0 Å². The number of hydrogen-bond donors (Lipinski definition) is 1. The molecule has 0 bridgehead atoms. The van der Waals surface area contributed by atoms with Gasteiger partial charge in [-0.25, -0.2) is 0 Å². The summed E-state index contributed by atoms with van der Waals surface area (Å²) in [5.41, 5.74) is 4.22. The number of aryl methyl sites for hydroxylation is 1. The van der Waals surface area contributed by atoms with E-state index in [2.05, 4.69) is 5.32 Å². The smallest absolute Gasteiger partial charge is 0.252 e. The molecule has 0 unspecified atom stereocenters. The molecule has 0 heterocycles. The number of carbonyl (C=O) groups is 2. The van der Waals surface area contributed by atoms with Crippen molar-refractivity contribution >= 4 is 11.7 Å². The summed E-state index contributed by atoms with van der Waals surface area (Å²) in [6.45, 7) is 7.42. The first-order chi connectivity index (χ1) is 10.4. The third-order valence-corrected chi connectivity index (χ3v) is 3.44. The van der Waals surface area contributed by atoms with E-state index in [0.29, 0.717) is 11.1 Å². The summed E-state index contributed by atoms with van der Waals surface area (Å²) in [4.78, 5) is 23.8. The fourth-order valence-corrected chi connectivity index (χ4v) is 2.32. The lowest BCUT2D eigenvalue weighted by Gasteiger charge is -2.13. The van der Waals surface area contributed by atoms with Crippen LogP contribution in [0.2, 0.25) is 0 Å². The lowest BCUT2D eigenvalue weighted by atomic mass is 9.95. The van der Waals surface area contributed by atoms with Gasteiger partial charge >= 0.3 is 0 Å². The number of carbonyl (C=O) groups excluding carboxylic acids is 2. The number of nitrogens with one attached hydrogen (secondary N) is 1. The van der Waals surface area contributed by atoms with Gasteiger partial charge in [-0.05, 0) is 44.9 Å². The lowest BCUT2D eigenvalue weighted by molar-refractivity contribution is 0.0942. The van der Waals surface area contributed by atoms with Gasteiger partial charge in [0.1, 0.15) is 0 Å². The fraction of sp³-hybridized carbons (Fsp3) is 0.263. The van der Waals surface area contributed by atoms with Crippen LogP contribution < -0.4 is 5.32 Å². The topological polar surface area (TPSA) is 46.2 Å². The van der Waals surface area contributed by atoms with Crippen molar-refractivity contribution in [2.24, 2.45) is 0 Å². The molecule has 22 heavy (non-hydrogen) atoms. The Balaban J connectivity index is 2.47. The fourth-order valence-electron chi connectivity index (χ4n) is 2.32. The predicted octanol–water partition coefficient (Wildman–Crippen LogP) is 4.00. The monoisotopic (exact) mass is 295 g/mol. The molecule has 0 aliphatic heterocycles. The highest BCUT2D eigenvalue weighted by Gasteiger charge is 2.14. The van der Waals surface area contributed by atoms with Crippen LogP contribution in [0.1, 0.15) is 47.1 Å². The minimum Gasteiger partial charge on any atom is -0.350 e. The molecular formula is C19H21NO2. The first-order valence-corrected chi connectivity index (χ1v) is 7.41. The molecule has 0 atom stereocenters. The highest BCUT2D eigenvalue weighted by molar-refractivity contribution is 6.01. The van der Waals surface area contributed by atoms with Gasteiger partial charge in [0.2, 0.25) is 0 Å². The number of rotatable bonds is 4. The van der Waals surface area contributed by atoms with Crippen molar-refractivity contribution < 1.29 is 9.59 Å². The number of benzene rings is 2. The van der Waals surface area contributed by atoms with Crippen molar-refractivity contribution in [3.63, 3.8) is 0 Å². The molecule has 114 valence electrons. The average Bonchev–Trinajstić information content (AvgIpc) is 2.46. The Hall–Kier alpha value is -2.42. The average molecular weight is 295 g/mol. The van der Waals surface area contributed by atoms with Crippen LogP contribution in [0.3, 0.4) is 0 Å². The molecule has 0 saturated heterocycles. The zero-order chi connectivity index (χ0) is 16.3. The number of Topliss-reactive ketones (excluding diaryl/α,β-unsaturated/α-hetero) is 1. The maximum Gasteiger partial charge on any atom is 0.252 e. The van der Waals surface area contributed by atoms with Gasteiger partial charge < -0.3 is 5.32 Å². The largest absolute Gasteiger partial charge is 0.350 e. The Kier molecular flexibility index (Phi) is 4.76. The molecule has 1 N–H and O–H groups in total. The number of amides is 1. The maximum atomic E-state index is 12.4. The number of hydrogen-bond acceptors (Lipinski definition) is 2. The van der Waals surface area contributed by atoms with Crippen LogP contribution >= 0.6 is 0 Å². The molecule has 2 aromatic carbocycles. The quantitative estimate of drug-likeness (QED) is 0.866. The molecule has 2 aromatic rings. The van der Waals surface area contributed by atoms with Gasteiger partial charge in [-0.1, -0.05) is 42.0 Å². The zero-order valence-electron chi connectivity index (χ0n) is 13.4. The molecule has 2 rings (SSSR count). The molecule has 1 amide bonds. The SMILES string of the molecule is CC(=O)c1ccc(-c2cc(C)ccc2C(=O)NC(C)C)cc1. The third kappa shape index (κ3) is 3.61. The number of ketones is 1. The normalized spacial score (nSPS) is 10.6. The second-order valence-electron chi connectivity index (χ2n) is 5.81. The first-order valence-electron chi connectivity index (χ1n) is 7.41. The second-order valence-corrected chi connectivity index (χ2v) is 5.81. The van der Waals surface area contributed by atoms with Crippen LogP contribution in [0.5, 0.6) is 0 Å². The molecule has 0 radical (unpaired) electrons. The molecule has 0 aliphatic rings. The van der Waals surface area contributed by atoms with Gasteiger partial charge in [0.15, 0.2) is 5.78 Å². The molecule has 0 fully saturated rings. The van der Waals surface area contributed by atoms with Gasteiger partial charge in [0.05, 0.1) is 0 Å². The summed E-state index contributed by atoms with van der Waals surface area (Å²) in [5, 5.41) is 2.93. The third-order valence-electron chi connectivity index (χ3n) is 3.44. The van der Waals surface area contributed by atoms with E-state index in [1.165, 1.54) is 0 Å². The summed E-state index contributed by atoms with van der Waals surface area (Å²) in [6, 6.07) is 13.2. The van der Waals surface area contributed by atoms with E-state index in [1.54, 1.807) is 19.1 Å². The van der Waals surface area contributed by atoms with E-state index in [1.807, 2.05) is 51.1 Å². The van der Waals surface area contributed by atoms with E-state index >= 15 is 0 Å². The summed E-state index contributed by atoms with van der Waals surface area (Å²) in [7, 11) is 0. The molecule has 3 nitrogen and oxygen atoms in total. The van der Waals surface area contributed by atoms with Crippen molar-refractivity contribution in [2.45, 2.75) is 33.7 Å². The summed E-state index contributed by atoms with van der Waals surface area (Å²) in [6.07, 6.45) is 0. The highest BCUT2D eigenvalue weighted by atomic mass is 16.1. The molecular weight excluding hydrogens is 274 g/mol. The van der Waals surface area contributed by atoms with Crippen LogP contribution in [0.15, 0.2) is 42.5 Å². The minimum absolute atomic E-state index is 0.0357. The van der Waals surface area contributed by atoms with E-state index in [-0.39, 0.29) is 17.7 Å². The summed E-state index contributed by atoms with van der Waals surface area (Å²) < 4.78 is 0. The van der Waals surface area contributed by atoms with Crippen molar-refractivity contribution in [3.8, 4) is 11.1 Å². The van der Waals surface area contributed by atoms with Gasteiger partial charge in [-0.3, -0.25) is 9.59 Å². The Morgan fingerprint density at radius 3 is 2.18 bits per heavy atom. The van der Waals surface area contributed by atoms with Crippen molar-refractivity contribution in [1.29, 1.82) is 0 Å². The van der Waals surface area contributed by atoms with Crippen LogP contribution in [0.4, 0.5) is 0 Å². The standard InChI is InChI=1S/C19H21NO2/c1-12(2)20-19(22)17-10-5-13(3)11-18(17)16-8-6-15(7-9-16)14(4)21/h5-12H,1-4H3,(H,20,22). The minimum atomic E-state index is -0.0827. The highest BCUT2D eigenvalue weighted by Crippen LogP contribution is 2.26.